The van der Waals surface area contributed by atoms with Crippen LogP contribution in [0.1, 0.15) is 30.0 Å². The van der Waals surface area contributed by atoms with Crippen LogP contribution >= 0.6 is 0 Å². The van der Waals surface area contributed by atoms with Crippen molar-refractivity contribution in [1.82, 2.24) is 4.90 Å². The van der Waals surface area contributed by atoms with Crippen LogP contribution in [-0.2, 0) is 19.4 Å². The minimum Gasteiger partial charge on any atom is -0.482 e. The first-order chi connectivity index (χ1) is 16.1. The third-order valence-electron chi connectivity index (χ3n) is 6.55. The molecular weight excluding hydrogens is 454 g/mol. The van der Waals surface area contributed by atoms with Gasteiger partial charge in [-0.3, -0.25) is 9.59 Å². The van der Waals surface area contributed by atoms with Crippen LogP contribution in [-0.4, -0.2) is 63.2 Å². The molecule has 2 heterocycles. The Morgan fingerprint density at radius 3 is 2.47 bits per heavy atom. The molecule has 2 aliphatic rings. The van der Waals surface area contributed by atoms with Crippen LogP contribution < -0.4 is 15.0 Å². The van der Waals surface area contributed by atoms with E-state index in [0.29, 0.717) is 43.2 Å². The molecule has 1 atom stereocenters. The molecule has 9 heteroatoms. The molecule has 2 amide bonds. The summed E-state index contributed by atoms with van der Waals surface area (Å²) >= 11 is 0. The Labute approximate surface area is 200 Å². The highest BCUT2D eigenvalue weighted by Gasteiger charge is 2.32. The van der Waals surface area contributed by atoms with Crippen molar-refractivity contribution >= 4 is 33.0 Å². The van der Waals surface area contributed by atoms with Gasteiger partial charge < -0.3 is 19.9 Å². The standard InChI is InChI=1S/C25H31N3O5S/c1-16-5-6-17(2)21(11-16)27-7-9-28(10-8-27)25(30)13-19(4)34(31,32)23-14-22-20(12-18(23)3)26-24(29)15-33-22/h5-6,11-12,14,19H,7-10,13,15H2,1-4H3,(H,26,29)/t19-/m1/s1. The zero-order valence-corrected chi connectivity index (χ0v) is 20.9. The lowest BCUT2D eigenvalue weighted by molar-refractivity contribution is -0.131. The van der Waals surface area contributed by atoms with E-state index in [4.69, 9.17) is 4.74 Å². The first kappa shape index (κ1) is 24.1. The molecule has 0 spiro atoms. The molecule has 0 aliphatic carbocycles. The zero-order valence-electron chi connectivity index (χ0n) is 20.1. The number of fused-ring (bicyclic) bond motifs is 1. The number of hydrogen-bond acceptors (Lipinski definition) is 6. The van der Waals surface area contributed by atoms with Gasteiger partial charge in [0.25, 0.3) is 5.91 Å². The van der Waals surface area contributed by atoms with E-state index in [2.05, 4.69) is 42.3 Å². The van der Waals surface area contributed by atoms with Crippen LogP contribution in [0.4, 0.5) is 11.4 Å². The average Bonchev–Trinajstić information content (AvgIpc) is 2.80. The Morgan fingerprint density at radius 2 is 1.76 bits per heavy atom. The molecule has 1 saturated heterocycles. The van der Waals surface area contributed by atoms with Crippen LogP contribution in [0.3, 0.4) is 0 Å². The Balaban J connectivity index is 1.42. The number of anilines is 2. The van der Waals surface area contributed by atoms with Gasteiger partial charge in [0, 0.05) is 44.4 Å². The van der Waals surface area contributed by atoms with Crippen LogP contribution in [0.5, 0.6) is 5.75 Å². The molecule has 0 saturated carbocycles. The molecule has 2 aromatic carbocycles. The number of carbonyl (C=O) groups is 2. The second kappa shape index (κ2) is 9.29. The third-order valence-corrected chi connectivity index (χ3v) is 8.83. The van der Waals surface area contributed by atoms with Crippen LogP contribution in [0.15, 0.2) is 35.2 Å². The fourth-order valence-electron chi connectivity index (χ4n) is 4.48. The Hall–Kier alpha value is -3.07. The third kappa shape index (κ3) is 4.75. The van der Waals surface area contributed by atoms with Gasteiger partial charge in [0.05, 0.1) is 15.8 Å². The van der Waals surface area contributed by atoms with Crippen molar-refractivity contribution < 1.29 is 22.7 Å². The summed E-state index contributed by atoms with van der Waals surface area (Å²) in [5, 5.41) is 1.80. The van der Waals surface area contributed by atoms with Gasteiger partial charge in [-0.2, -0.15) is 0 Å². The number of aryl methyl sites for hydroxylation is 3. The van der Waals surface area contributed by atoms with Crippen LogP contribution in [0.2, 0.25) is 0 Å². The smallest absolute Gasteiger partial charge is 0.262 e. The first-order valence-electron chi connectivity index (χ1n) is 11.5. The van der Waals surface area contributed by atoms with Crippen molar-refractivity contribution in [3.05, 3.63) is 47.0 Å². The van der Waals surface area contributed by atoms with Crippen molar-refractivity contribution in [3.63, 3.8) is 0 Å². The van der Waals surface area contributed by atoms with Gasteiger partial charge >= 0.3 is 0 Å². The van der Waals surface area contributed by atoms with E-state index in [9.17, 15) is 18.0 Å². The molecule has 34 heavy (non-hydrogen) atoms. The highest BCUT2D eigenvalue weighted by molar-refractivity contribution is 7.92. The van der Waals surface area contributed by atoms with Gasteiger partial charge in [-0.1, -0.05) is 12.1 Å². The average molecular weight is 486 g/mol. The molecule has 1 fully saturated rings. The minimum absolute atomic E-state index is 0.0834. The molecule has 2 aromatic rings. The number of piperazine rings is 1. The van der Waals surface area contributed by atoms with E-state index in [1.54, 1.807) is 24.8 Å². The van der Waals surface area contributed by atoms with E-state index < -0.39 is 15.1 Å². The maximum Gasteiger partial charge on any atom is 0.262 e. The monoisotopic (exact) mass is 485 g/mol. The highest BCUT2D eigenvalue weighted by Crippen LogP contribution is 2.34. The SMILES string of the molecule is Cc1ccc(C)c(N2CCN(C(=O)C[C@@H](C)S(=O)(=O)c3cc4c(cc3C)NC(=O)CO4)CC2)c1. The van der Waals surface area contributed by atoms with E-state index in [1.807, 2.05) is 0 Å². The molecule has 4 rings (SSSR count). The first-order valence-corrected chi connectivity index (χ1v) is 13.0. The predicted molar refractivity (Wildman–Crippen MR) is 131 cm³/mol. The van der Waals surface area contributed by atoms with E-state index >= 15 is 0 Å². The van der Waals surface area contributed by atoms with Crippen LogP contribution in [0, 0.1) is 20.8 Å². The number of rotatable bonds is 5. The van der Waals surface area contributed by atoms with Crippen molar-refractivity contribution in [1.29, 1.82) is 0 Å². The molecule has 1 N–H and O–H groups in total. The Kier molecular flexibility index (Phi) is 6.58. The number of amides is 2. The minimum atomic E-state index is -3.77. The van der Waals surface area contributed by atoms with Gasteiger partial charge in [0.15, 0.2) is 16.4 Å². The number of sulfone groups is 1. The molecular formula is C25H31N3O5S. The number of nitrogens with zero attached hydrogens (tertiary/aromatic N) is 2. The zero-order chi connectivity index (χ0) is 24.6. The lowest BCUT2D eigenvalue weighted by Crippen LogP contribution is -2.49. The summed E-state index contributed by atoms with van der Waals surface area (Å²) < 4.78 is 32.0. The number of ether oxygens (including phenoxy) is 1. The van der Waals surface area contributed by atoms with E-state index in [0.717, 1.165) is 0 Å². The van der Waals surface area contributed by atoms with Crippen molar-refractivity contribution in [2.24, 2.45) is 0 Å². The summed E-state index contributed by atoms with van der Waals surface area (Å²) in [5.41, 5.74) is 4.55. The summed E-state index contributed by atoms with van der Waals surface area (Å²) in [6.07, 6.45) is -0.0834. The topological polar surface area (TPSA) is 96.0 Å². The summed E-state index contributed by atoms with van der Waals surface area (Å²) in [6.45, 7) is 9.79. The predicted octanol–water partition coefficient (Wildman–Crippen LogP) is 2.84. The van der Waals surface area contributed by atoms with E-state index in [1.165, 1.54) is 22.9 Å². The van der Waals surface area contributed by atoms with Gasteiger partial charge in [-0.15, -0.1) is 0 Å². The molecule has 0 unspecified atom stereocenters. The highest BCUT2D eigenvalue weighted by atomic mass is 32.2. The largest absolute Gasteiger partial charge is 0.482 e. The maximum atomic E-state index is 13.3. The Morgan fingerprint density at radius 1 is 1.06 bits per heavy atom. The van der Waals surface area contributed by atoms with E-state index in [-0.39, 0.29) is 29.7 Å². The van der Waals surface area contributed by atoms with Gasteiger partial charge in [0.2, 0.25) is 5.91 Å². The van der Waals surface area contributed by atoms with Gasteiger partial charge in [-0.25, -0.2) is 8.42 Å². The number of carbonyl (C=O) groups excluding carboxylic acids is 2. The summed E-state index contributed by atoms with van der Waals surface area (Å²) in [5.74, 6) is -0.111. The second-order valence-electron chi connectivity index (χ2n) is 9.17. The van der Waals surface area contributed by atoms with Gasteiger partial charge in [-0.05, 0) is 56.5 Å². The molecule has 182 valence electrons. The molecule has 0 radical (unpaired) electrons. The fraction of sp³-hybridized carbons (Fsp3) is 0.440. The normalized spacial score (nSPS) is 17.0. The van der Waals surface area contributed by atoms with Crippen molar-refractivity contribution in [3.8, 4) is 5.75 Å². The maximum absolute atomic E-state index is 13.3. The van der Waals surface area contributed by atoms with Gasteiger partial charge in [0.1, 0.15) is 5.75 Å². The summed E-state index contributed by atoms with van der Waals surface area (Å²) in [6, 6.07) is 9.41. The lowest BCUT2D eigenvalue weighted by atomic mass is 10.1. The number of hydrogen-bond donors (Lipinski definition) is 1. The molecule has 8 nitrogen and oxygen atoms in total. The quantitative estimate of drug-likeness (QED) is 0.700. The van der Waals surface area contributed by atoms with Crippen molar-refractivity contribution in [2.45, 2.75) is 44.3 Å². The summed E-state index contributed by atoms with van der Waals surface area (Å²) in [4.78, 5) is 28.7. The molecule has 0 aromatic heterocycles. The number of benzene rings is 2. The Bertz CT molecular complexity index is 1230. The molecule has 2 aliphatic heterocycles. The number of nitrogens with one attached hydrogen (secondary N) is 1. The van der Waals surface area contributed by atoms with Crippen LogP contribution in [0.25, 0.3) is 0 Å². The fourth-order valence-corrected chi connectivity index (χ4v) is 6.06. The summed E-state index contributed by atoms with van der Waals surface area (Å²) in [7, 11) is -3.77. The van der Waals surface area contributed by atoms with Crippen molar-refractivity contribution in [2.75, 3.05) is 43.0 Å². The lowest BCUT2D eigenvalue weighted by Gasteiger charge is -2.37. The second-order valence-corrected chi connectivity index (χ2v) is 11.5. The molecule has 0 bridgehead atoms.